The lowest BCUT2D eigenvalue weighted by atomic mass is 9.84. The Hall–Kier alpha value is -0.570. The molecule has 3 fully saturated rings. The van der Waals surface area contributed by atoms with Gasteiger partial charge in [-0.15, -0.1) is 24.0 Å². The zero-order valence-electron chi connectivity index (χ0n) is 16.5. The van der Waals surface area contributed by atoms with Gasteiger partial charge in [0.15, 0.2) is 5.96 Å². The number of amides is 1. The van der Waals surface area contributed by atoms with Gasteiger partial charge >= 0.3 is 0 Å². The van der Waals surface area contributed by atoms with E-state index in [1.807, 2.05) is 7.05 Å². The van der Waals surface area contributed by atoms with Crippen LogP contribution in [-0.2, 0) is 4.79 Å². The molecule has 1 N–H and O–H groups in total. The molecule has 0 spiro atoms. The van der Waals surface area contributed by atoms with E-state index in [-0.39, 0.29) is 24.0 Å². The molecule has 26 heavy (non-hydrogen) atoms. The van der Waals surface area contributed by atoms with Crippen molar-refractivity contribution in [3.05, 3.63) is 0 Å². The molecule has 1 saturated carbocycles. The van der Waals surface area contributed by atoms with Gasteiger partial charge in [0.2, 0.25) is 5.91 Å². The van der Waals surface area contributed by atoms with E-state index in [2.05, 4.69) is 31.9 Å². The average molecular weight is 477 g/mol. The molecule has 7 heteroatoms. The van der Waals surface area contributed by atoms with Crippen LogP contribution in [0.5, 0.6) is 0 Å². The molecule has 2 heterocycles. The van der Waals surface area contributed by atoms with Crippen LogP contribution >= 0.6 is 24.0 Å². The van der Waals surface area contributed by atoms with Crippen molar-refractivity contribution in [3.8, 4) is 0 Å². The lowest BCUT2D eigenvalue weighted by Gasteiger charge is -2.38. The number of guanidine groups is 1. The monoisotopic (exact) mass is 477 g/mol. The molecule has 3 aliphatic rings. The minimum atomic E-state index is 0. The second-order valence-corrected chi connectivity index (χ2v) is 7.94. The van der Waals surface area contributed by atoms with Crippen molar-refractivity contribution < 1.29 is 4.79 Å². The third kappa shape index (κ3) is 5.71. The number of halogens is 1. The van der Waals surface area contributed by atoms with E-state index in [9.17, 15) is 4.79 Å². The van der Waals surface area contributed by atoms with Gasteiger partial charge in [-0.05, 0) is 31.6 Å². The molecule has 0 bridgehead atoms. The summed E-state index contributed by atoms with van der Waals surface area (Å²) in [5, 5.41) is 3.53. The van der Waals surface area contributed by atoms with Crippen LogP contribution in [0.1, 0.15) is 39.0 Å². The molecule has 2 aliphatic heterocycles. The maximum atomic E-state index is 12.3. The molecule has 0 atom stereocenters. The van der Waals surface area contributed by atoms with Gasteiger partial charge in [0.25, 0.3) is 0 Å². The van der Waals surface area contributed by atoms with Gasteiger partial charge < -0.3 is 15.1 Å². The van der Waals surface area contributed by atoms with Crippen LogP contribution in [0.2, 0.25) is 0 Å². The molecule has 0 aromatic heterocycles. The molecule has 150 valence electrons. The summed E-state index contributed by atoms with van der Waals surface area (Å²) in [5.41, 5.74) is 0. The number of hydrogen-bond donors (Lipinski definition) is 1. The number of carbonyl (C=O) groups is 1. The number of nitrogens with one attached hydrogen (secondary N) is 1. The van der Waals surface area contributed by atoms with E-state index in [1.165, 1.54) is 19.3 Å². The molecule has 0 aromatic rings. The van der Waals surface area contributed by atoms with Crippen LogP contribution in [-0.4, -0.2) is 86.0 Å². The predicted molar refractivity (Wildman–Crippen MR) is 117 cm³/mol. The Bertz CT molecular complexity index is 467. The van der Waals surface area contributed by atoms with Crippen LogP contribution < -0.4 is 5.32 Å². The summed E-state index contributed by atoms with van der Waals surface area (Å²) in [6.45, 7) is 10.3. The fourth-order valence-electron chi connectivity index (χ4n) is 3.98. The van der Waals surface area contributed by atoms with Crippen LogP contribution in [0.3, 0.4) is 0 Å². The number of piperazine rings is 1. The molecular formula is C19H36IN5O. The topological polar surface area (TPSA) is 51.2 Å². The van der Waals surface area contributed by atoms with Crippen molar-refractivity contribution in [3.63, 3.8) is 0 Å². The van der Waals surface area contributed by atoms with Gasteiger partial charge in [-0.1, -0.05) is 13.3 Å². The van der Waals surface area contributed by atoms with Crippen LogP contribution in [0, 0.1) is 11.8 Å². The van der Waals surface area contributed by atoms with E-state index >= 15 is 0 Å². The normalized spacial score (nSPS) is 23.4. The fourth-order valence-corrected chi connectivity index (χ4v) is 3.98. The third-order valence-electron chi connectivity index (χ3n) is 6.14. The zero-order chi connectivity index (χ0) is 17.6. The van der Waals surface area contributed by atoms with Gasteiger partial charge in [-0.25, -0.2) is 0 Å². The highest BCUT2D eigenvalue weighted by molar-refractivity contribution is 14.0. The first-order chi connectivity index (χ1) is 12.2. The van der Waals surface area contributed by atoms with E-state index in [0.29, 0.717) is 11.8 Å². The Balaban J connectivity index is 0.00000243. The third-order valence-corrected chi connectivity index (χ3v) is 6.14. The number of carbonyl (C=O) groups excluding carboxylic acids is 1. The summed E-state index contributed by atoms with van der Waals surface area (Å²) < 4.78 is 0. The molecule has 6 nitrogen and oxygen atoms in total. The molecule has 1 amide bonds. The zero-order valence-corrected chi connectivity index (χ0v) is 18.8. The Kier molecular flexibility index (Phi) is 8.93. The lowest BCUT2D eigenvalue weighted by Crippen LogP contribution is -2.53. The highest BCUT2D eigenvalue weighted by Gasteiger charge is 2.31. The number of hydrogen-bond acceptors (Lipinski definition) is 3. The summed E-state index contributed by atoms with van der Waals surface area (Å²) >= 11 is 0. The van der Waals surface area contributed by atoms with E-state index < -0.39 is 0 Å². The van der Waals surface area contributed by atoms with Crippen molar-refractivity contribution in [2.45, 2.75) is 39.0 Å². The van der Waals surface area contributed by atoms with E-state index in [1.54, 1.807) is 0 Å². The van der Waals surface area contributed by atoms with Gasteiger partial charge in [0.1, 0.15) is 0 Å². The van der Waals surface area contributed by atoms with Crippen molar-refractivity contribution in [2.75, 3.05) is 59.4 Å². The molecule has 2 saturated heterocycles. The number of likely N-dealkylation sites (tertiary alicyclic amines) is 1. The average Bonchev–Trinajstić information content (AvgIpc) is 2.59. The van der Waals surface area contributed by atoms with E-state index in [0.717, 1.165) is 77.1 Å². The first kappa shape index (κ1) is 21.7. The quantitative estimate of drug-likeness (QED) is 0.382. The maximum absolute atomic E-state index is 12.3. The predicted octanol–water partition coefficient (Wildman–Crippen LogP) is 1.86. The summed E-state index contributed by atoms with van der Waals surface area (Å²) in [6, 6.07) is 0. The van der Waals surface area contributed by atoms with Gasteiger partial charge in [0, 0.05) is 65.3 Å². The second kappa shape index (κ2) is 10.7. The minimum Gasteiger partial charge on any atom is -0.355 e. The molecule has 3 rings (SSSR count). The maximum Gasteiger partial charge on any atom is 0.225 e. The van der Waals surface area contributed by atoms with Gasteiger partial charge in [-0.3, -0.25) is 14.7 Å². The minimum absolute atomic E-state index is 0. The summed E-state index contributed by atoms with van der Waals surface area (Å²) in [4.78, 5) is 23.7. The molecular weight excluding hydrogens is 441 g/mol. The Labute approximate surface area is 175 Å². The lowest BCUT2D eigenvalue weighted by molar-refractivity contribution is -0.139. The van der Waals surface area contributed by atoms with Crippen molar-refractivity contribution in [2.24, 2.45) is 16.8 Å². The van der Waals surface area contributed by atoms with Gasteiger partial charge in [-0.2, -0.15) is 0 Å². The van der Waals surface area contributed by atoms with Crippen LogP contribution in [0.25, 0.3) is 0 Å². The Morgan fingerprint density at radius 3 is 2.19 bits per heavy atom. The Morgan fingerprint density at radius 1 is 1.00 bits per heavy atom. The number of nitrogens with zero attached hydrogens (tertiary/aromatic N) is 4. The smallest absolute Gasteiger partial charge is 0.225 e. The van der Waals surface area contributed by atoms with Crippen molar-refractivity contribution >= 4 is 35.8 Å². The molecule has 0 aromatic carbocycles. The number of aliphatic imine (C=N–C) groups is 1. The molecule has 1 aliphatic carbocycles. The number of piperidine rings is 1. The van der Waals surface area contributed by atoms with Crippen molar-refractivity contribution in [1.82, 2.24) is 20.0 Å². The molecule has 0 radical (unpaired) electrons. The van der Waals surface area contributed by atoms with Crippen molar-refractivity contribution in [1.29, 1.82) is 0 Å². The first-order valence-corrected chi connectivity index (χ1v) is 10.1. The highest BCUT2D eigenvalue weighted by Crippen LogP contribution is 2.28. The standard InChI is InChI=1S/C19H35N5O.HI/c1-16-6-9-24(10-7-16)19(20-2)21-8-11-22-12-14-23(15-13-22)18(25)17-4-3-5-17;/h16-17H,3-15H2,1-2H3,(H,20,21);1H. The summed E-state index contributed by atoms with van der Waals surface area (Å²) in [7, 11) is 1.88. The van der Waals surface area contributed by atoms with Crippen LogP contribution in [0.15, 0.2) is 4.99 Å². The largest absolute Gasteiger partial charge is 0.355 e. The Morgan fingerprint density at radius 2 is 1.65 bits per heavy atom. The summed E-state index contributed by atoms with van der Waals surface area (Å²) in [6.07, 6.45) is 5.98. The van der Waals surface area contributed by atoms with E-state index in [4.69, 9.17) is 0 Å². The highest BCUT2D eigenvalue weighted by atomic mass is 127. The molecule has 0 unspecified atom stereocenters. The fraction of sp³-hybridized carbons (Fsp3) is 0.895. The second-order valence-electron chi connectivity index (χ2n) is 7.94. The van der Waals surface area contributed by atoms with Crippen LogP contribution in [0.4, 0.5) is 0 Å². The number of rotatable bonds is 4. The SMILES string of the molecule is CN=C(NCCN1CCN(C(=O)C2CCC2)CC1)N1CCC(C)CC1.I. The first-order valence-electron chi connectivity index (χ1n) is 10.1. The summed E-state index contributed by atoms with van der Waals surface area (Å²) in [5.74, 6) is 2.63. The van der Waals surface area contributed by atoms with Gasteiger partial charge in [0.05, 0.1) is 0 Å².